The van der Waals surface area contributed by atoms with Gasteiger partial charge in [0.2, 0.25) is 0 Å². The molecule has 0 saturated heterocycles. The zero-order valence-electron chi connectivity index (χ0n) is 13.0. The summed E-state index contributed by atoms with van der Waals surface area (Å²) >= 11 is 0. The van der Waals surface area contributed by atoms with Crippen LogP contribution in [-0.4, -0.2) is 18.0 Å². The summed E-state index contributed by atoms with van der Waals surface area (Å²) in [6.07, 6.45) is 3.48. The van der Waals surface area contributed by atoms with E-state index in [1.807, 2.05) is 48.5 Å². The average molecular weight is 317 g/mol. The van der Waals surface area contributed by atoms with Crippen LogP contribution in [-0.2, 0) is 4.79 Å². The summed E-state index contributed by atoms with van der Waals surface area (Å²) in [6.45, 7) is 0. The number of pyridine rings is 1. The molecule has 2 heterocycles. The van der Waals surface area contributed by atoms with Gasteiger partial charge in [0, 0.05) is 34.7 Å². The zero-order valence-corrected chi connectivity index (χ0v) is 13.0. The van der Waals surface area contributed by atoms with Gasteiger partial charge in [-0.05, 0) is 42.5 Å². The topological polar surface area (TPSA) is 63.2 Å². The van der Waals surface area contributed by atoms with Crippen molar-refractivity contribution in [2.24, 2.45) is 0 Å². The summed E-state index contributed by atoms with van der Waals surface area (Å²) in [5.41, 5.74) is 4.03. The number of carbonyl (C=O) groups excluding carboxylic acids is 1. The number of hydrogen-bond acceptors (Lipinski definition) is 4. The van der Waals surface area contributed by atoms with Crippen LogP contribution in [0.25, 0.3) is 16.5 Å². The van der Waals surface area contributed by atoms with Gasteiger partial charge in [-0.15, -0.1) is 0 Å². The second-order valence-corrected chi connectivity index (χ2v) is 5.44. The number of carbonyl (C=O) groups is 1. The standard InChI is InChI=1S/C19H15N3O2/c1-24-13-6-4-12(5-7-13)21-11-15-18-14-3-2-10-20-16(14)8-9-17(18)22-19(15)23/h2-11,21H,1H3,(H,22,23). The average Bonchev–Trinajstić information content (AvgIpc) is 2.96. The Labute approximate surface area is 139 Å². The lowest BCUT2D eigenvalue weighted by Gasteiger charge is -2.06. The molecule has 0 saturated carbocycles. The first-order valence-electron chi connectivity index (χ1n) is 7.56. The van der Waals surface area contributed by atoms with Crippen LogP contribution in [0.3, 0.4) is 0 Å². The van der Waals surface area contributed by atoms with E-state index in [0.29, 0.717) is 5.57 Å². The van der Waals surface area contributed by atoms with E-state index < -0.39 is 0 Å². The van der Waals surface area contributed by atoms with Crippen molar-refractivity contribution in [3.8, 4) is 5.75 Å². The maximum absolute atomic E-state index is 12.3. The van der Waals surface area contributed by atoms with Gasteiger partial charge >= 0.3 is 0 Å². The predicted molar refractivity (Wildman–Crippen MR) is 95.0 cm³/mol. The molecule has 0 atom stereocenters. The van der Waals surface area contributed by atoms with Crippen LogP contribution in [0.2, 0.25) is 0 Å². The lowest BCUT2D eigenvalue weighted by atomic mass is 10.0. The molecular weight excluding hydrogens is 302 g/mol. The van der Waals surface area contributed by atoms with Crippen molar-refractivity contribution in [1.82, 2.24) is 4.98 Å². The van der Waals surface area contributed by atoms with Gasteiger partial charge in [0.05, 0.1) is 18.2 Å². The van der Waals surface area contributed by atoms with E-state index >= 15 is 0 Å². The Kier molecular flexibility index (Phi) is 3.39. The van der Waals surface area contributed by atoms with Crippen molar-refractivity contribution < 1.29 is 9.53 Å². The summed E-state index contributed by atoms with van der Waals surface area (Å²) in [4.78, 5) is 16.7. The van der Waals surface area contributed by atoms with Gasteiger partial charge in [-0.25, -0.2) is 0 Å². The Hall–Kier alpha value is -3.34. The van der Waals surface area contributed by atoms with Crippen LogP contribution in [0.1, 0.15) is 5.56 Å². The fourth-order valence-corrected chi connectivity index (χ4v) is 2.83. The van der Waals surface area contributed by atoms with Crippen LogP contribution < -0.4 is 15.4 Å². The van der Waals surface area contributed by atoms with Crippen LogP contribution >= 0.6 is 0 Å². The molecule has 118 valence electrons. The van der Waals surface area contributed by atoms with Gasteiger partial charge in [0.25, 0.3) is 5.91 Å². The third-order valence-corrected chi connectivity index (χ3v) is 4.02. The van der Waals surface area contributed by atoms with Crippen molar-refractivity contribution in [1.29, 1.82) is 0 Å². The van der Waals surface area contributed by atoms with Crippen LogP contribution in [0.4, 0.5) is 11.4 Å². The molecule has 0 spiro atoms. The van der Waals surface area contributed by atoms with Crippen molar-refractivity contribution >= 4 is 33.8 Å². The second-order valence-electron chi connectivity index (χ2n) is 5.44. The van der Waals surface area contributed by atoms with E-state index in [-0.39, 0.29) is 5.91 Å². The first kappa shape index (κ1) is 14.3. The molecule has 2 N–H and O–H groups in total. The first-order chi connectivity index (χ1) is 11.8. The third-order valence-electron chi connectivity index (χ3n) is 4.02. The van der Waals surface area contributed by atoms with Gasteiger partial charge in [-0.1, -0.05) is 6.07 Å². The van der Waals surface area contributed by atoms with E-state index in [1.165, 1.54) is 0 Å². The number of amides is 1. The SMILES string of the molecule is COc1ccc(NC=C2C(=O)Nc3ccc4ncccc4c32)cc1. The number of fused-ring (bicyclic) bond motifs is 3. The monoisotopic (exact) mass is 317 g/mol. The molecule has 0 radical (unpaired) electrons. The fourth-order valence-electron chi connectivity index (χ4n) is 2.83. The number of ether oxygens (including phenoxy) is 1. The van der Waals surface area contributed by atoms with E-state index in [9.17, 15) is 4.79 Å². The molecule has 0 bridgehead atoms. The van der Waals surface area contributed by atoms with Crippen molar-refractivity contribution in [2.45, 2.75) is 0 Å². The minimum absolute atomic E-state index is 0.123. The molecule has 5 nitrogen and oxygen atoms in total. The Bertz CT molecular complexity index is 962. The van der Waals surface area contributed by atoms with E-state index in [4.69, 9.17) is 4.74 Å². The number of aromatic nitrogens is 1. The van der Waals surface area contributed by atoms with E-state index in [0.717, 1.165) is 33.6 Å². The molecule has 5 heteroatoms. The van der Waals surface area contributed by atoms with E-state index in [2.05, 4.69) is 15.6 Å². The molecule has 2 aromatic carbocycles. The summed E-state index contributed by atoms with van der Waals surface area (Å²) in [6, 6.07) is 15.2. The molecule has 1 aromatic heterocycles. The summed E-state index contributed by atoms with van der Waals surface area (Å²) in [5, 5.41) is 7.03. The van der Waals surface area contributed by atoms with Crippen LogP contribution in [0.15, 0.2) is 60.9 Å². The minimum atomic E-state index is -0.123. The molecule has 3 aromatic rings. The first-order valence-corrected chi connectivity index (χ1v) is 7.56. The molecule has 24 heavy (non-hydrogen) atoms. The summed E-state index contributed by atoms with van der Waals surface area (Å²) in [5.74, 6) is 0.664. The van der Waals surface area contributed by atoms with Gasteiger partial charge in [-0.2, -0.15) is 0 Å². The summed E-state index contributed by atoms with van der Waals surface area (Å²) < 4.78 is 5.14. The molecule has 1 aliphatic rings. The third kappa shape index (κ3) is 2.36. The number of methoxy groups -OCH3 is 1. The molecule has 0 fully saturated rings. The molecule has 0 aliphatic carbocycles. The smallest absolute Gasteiger partial charge is 0.257 e. The maximum Gasteiger partial charge on any atom is 0.257 e. The minimum Gasteiger partial charge on any atom is -0.497 e. The molecule has 1 aliphatic heterocycles. The number of benzene rings is 2. The molecule has 4 rings (SSSR count). The maximum atomic E-state index is 12.3. The fraction of sp³-hybridized carbons (Fsp3) is 0.0526. The molecule has 0 unspecified atom stereocenters. The normalized spacial score (nSPS) is 14.5. The molecular formula is C19H15N3O2. The highest BCUT2D eigenvalue weighted by Crippen LogP contribution is 2.37. The molecule has 1 amide bonds. The number of anilines is 2. The number of rotatable bonds is 3. The lowest BCUT2D eigenvalue weighted by Crippen LogP contribution is -2.05. The van der Waals surface area contributed by atoms with Crippen molar-refractivity contribution in [2.75, 3.05) is 17.7 Å². The number of hydrogen-bond donors (Lipinski definition) is 2. The highest BCUT2D eigenvalue weighted by molar-refractivity contribution is 6.34. The number of nitrogens with one attached hydrogen (secondary N) is 2. The zero-order chi connectivity index (χ0) is 16.5. The predicted octanol–water partition coefficient (Wildman–Crippen LogP) is 3.65. The Morgan fingerprint density at radius 1 is 1.12 bits per heavy atom. The lowest BCUT2D eigenvalue weighted by molar-refractivity contribution is -0.110. The highest BCUT2D eigenvalue weighted by atomic mass is 16.5. The summed E-state index contributed by atoms with van der Waals surface area (Å²) in [7, 11) is 1.63. The highest BCUT2D eigenvalue weighted by Gasteiger charge is 2.26. The largest absolute Gasteiger partial charge is 0.497 e. The van der Waals surface area contributed by atoms with Crippen molar-refractivity contribution in [3.05, 3.63) is 66.5 Å². The van der Waals surface area contributed by atoms with E-state index in [1.54, 1.807) is 19.5 Å². The van der Waals surface area contributed by atoms with Crippen LogP contribution in [0.5, 0.6) is 5.75 Å². The van der Waals surface area contributed by atoms with Gasteiger partial charge in [-0.3, -0.25) is 9.78 Å². The second kappa shape index (κ2) is 5.70. The van der Waals surface area contributed by atoms with Crippen molar-refractivity contribution in [3.63, 3.8) is 0 Å². The quantitative estimate of drug-likeness (QED) is 0.724. The van der Waals surface area contributed by atoms with Gasteiger partial charge in [0.1, 0.15) is 5.75 Å². The van der Waals surface area contributed by atoms with Gasteiger partial charge in [0.15, 0.2) is 0 Å². The Balaban J connectivity index is 1.74. The van der Waals surface area contributed by atoms with Crippen LogP contribution in [0, 0.1) is 0 Å². The van der Waals surface area contributed by atoms with Gasteiger partial charge < -0.3 is 15.4 Å². The number of nitrogens with zero attached hydrogens (tertiary/aromatic N) is 1. The Morgan fingerprint density at radius 2 is 1.96 bits per heavy atom. The Morgan fingerprint density at radius 3 is 2.75 bits per heavy atom.